The van der Waals surface area contributed by atoms with Gasteiger partial charge in [-0.15, -0.1) is 5.10 Å². The van der Waals surface area contributed by atoms with Crippen LogP contribution in [-0.4, -0.2) is 19.5 Å². The van der Waals surface area contributed by atoms with E-state index in [2.05, 4.69) is 48.7 Å². The summed E-state index contributed by atoms with van der Waals surface area (Å²) in [6.45, 7) is 8.53. The van der Waals surface area contributed by atoms with E-state index in [-0.39, 0.29) is 21.1 Å². The van der Waals surface area contributed by atoms with Crippen LogP contribution < -0.4 is 4.43 Å². The second kappa shape index (κ2) is 5.69. The molecule has 0 bridgehead atoms. The minimum atomic E-state index is -2.56. The maximum atomic E-state index is 12.8. The SMILES string of the molecule is CC(C)C(C)(C)[SiH2]Oc1nn(C)c(C(F)F)c1Br. The smallest absolute Gasteiger partial charge is 0.281 e. The van der Waals surface area contributed by atoms with E-state index in [9.17, 15) is 8.78 Å². The van der Waals surface area contributed by atoms with Crippen molar-refractivity contribution in [2.45, 2.75) is 39.2 Å². The minimum absolute atomic E-state index is 0.0992. The van der Waals surface area contributed by atoms with Crippen LogP contribution in [0.1, 0.15) is 39.8 Å². The minimum Gasteiger partial charge on any atom is -0.534 e. The van der Waals surface area contributed by atoms with Crippen molar-refractivity contribution >= 4 is 25.7 Å². The largest absolute Gasteiger partial charge is 0.534 e. The molecule has 0 saturated heterocycles. The highest BCUT2D eigenvalue weighted by Crippen LogP contribution is 2.37. The van der Waals surface area contributed by atoms with Crippen LogP contribution in [0, 0.1) is 5.92 Å². The monoisotopic (exact) mass is 340 g/mol. The highest BCUT2D eigenvalue weighted by atomic mass is 79.9. The Morgan fingerprint density at radius 3 is 2.33 bits per heavy atom. The van der Waals surface area contributed by atoms with E-state index in [0.717, 1.165) is 0 Å². The van der Waals surface area contributed by atoms with Gasteiger partial charge >= 0.3 is 0 Å². The molecule has 1 rings (SSSR count). The lowest BCUT2D eigenvalue weighted by Crippen LogP contribution is -2.24. The fraction of sp³-hybridized carbons (Fsp3) is 0.727. The molecule has 1 aromatic heterocycles. The van der Waals surface area contributed by atoms with Crippen molar-refractivity contribution in [1.29, 1.82) is 0 Å². The maximum Gasteiger partial charge on any atom is 0.281 e. The van der Waals surface area contributed by atoms with Crippen molar-refractivity contribution in [2.24, 2.45) is 13.0 Å². The third kappa shape index (κ3) is 3.31. The average Bonchev–Trinajstić information content (AvgIpc) is 2.50. The molecule has 7 heteroatoms. The molecule has 0 radical (unpaired) electrons. The molecule has 0 saturated carbocycles. The first-order valence-electron chi connectivity index (χ1n) is 5.80. The number of nitrogens with zero attached hydrogens (tertiary/aromatic N) is 2. The lowest BCUT2D eigenvalue weighted by molar-refractivity contribution is 0.140. The number of aryl methyl sites for hydroxylation is 1. The summed E-state index contributed by atoms with van der Waals surface area (Å²) in [5.41, 5.74) is -0.138. The maximum absolute atomic E-state index is 12.8. The Hall–Kier alpha value is -0.433. The number of aromatic nitrogens is 2. The zero-order valence-corrected chi connectivity index (χ0v) is 14.3. The molecule has 104 valence electrons. The summed E-state index contributed by atoms with van der Waals surface area (Å²) in [6, 6.07) is 0. The van der Waals surface area contributed by atoms with E-state index in [0.29, 0.717) is 5.92 Å². The van der Waals surface area contributed by atoms with Gasteiger partial charge in [-0.3, -0.25) is 4.68 Å². The van der Waals surface area contributed by atoms with Crippen LogP contribution in [0.25, 0.3) is 0 Å². The number of rotatable bonds is 5. The summed E-state index contributed by atoms with van der Waals surface area (Å²) in [5.74, 6) is 0.773. The molecule has 0 N–H and O–H groups in total. The standard InChI is InChI=1S/C11H19BrF2N2OSi/c1-6(2)11(3,4)18-17-10-7(12)8(9(13)14)16(5)15-10/h6,9H,18H2,1-5H3. The van der Waals surface area contributed by atoms with Crippen molar-refractivity contribution in [3.63, 3.8) is 0 Å². The Morgan fingerprint density at radius 1 is 1.39 bits per heavy atom. The molecule has 0 unspecified atom stereocenters. The van der Waals surface area contributed by atoms with E-state index >= 15 is 0 Å². The van der Waals surface area contributed by atoms with E-state index in [1.165, 1.54) is 11.7 Å². The highest BCUT2D eigenvalue weighted by Gasteiger charge is 2.27. The molecule has 18 heavy (non-hydrogen) atoms. The van der Waals surface area contributed by atoms with Crippen LogP contribution >= 0.6 is 15.9 Å². The number of hydrogen-bond donors (Lipinski definition) is 0. The predicted octanol–water partition coefficient (Wildman–Crippen LogP) is 3.44. The Balaban J connectivity index is 2.84. The average molecular weight is 341 g/mol. The summed E-state index contributed by atoms with van der Waals surface area (Å²) in [5, 5.41) is 4.10. The van der Waals surface area contributed by atoms with Gasteiger partial charge in [0.15, 0.2) is 0 Å². The van der Waals surface area contributed by atoms with Gasteiger partial charge in [0.1, 0.15) is 10.2 Å². The molecular formula is C11H19BrF2N2OSi. The van der Waals surface area contributed by atoms with Gasteiger partial charge in [-0.1, -0.05) is 27.7 Å². The predicted molar refractivity (Wildman–Crippen MR) is 73.9 cm³/mol. The molecule has 0 aliphatic rings. The molecule has 0 aromatic carbocycles. The Labute approximate surface area is 117 Å². The molecule has 1 heterocycles. The Morgan fingerprint density at radius 2 is 1.94 bits per heavy atom. The molecule has 3 nitrogen and oxygen atoms in total. The fourth-order valence-electron chi connectivity index (χ4n) is 1.24. The number of hydrogen-bond acceptors (Lipinski definition) is 2. The van der Waals surface area contributed by atoms with Crippen LogP contribution in [0.4, 0.5) is 8.78 Å². The Kier molecular flexibility index (Phi) is 4.94. The van der Waals surface area contributed by atoms with Crippen molar-refractivity contribution in [1.82, 2.24) is 9.78 Å². The summed E-state index contributed by atoms with van der Waals surface area (Å²) in [4.78, 5) is 0. The lowest BCUT2D eigenvalue weighted by Gasteiger charge is -2.27. The lowest BCUT2D eigenvalue weighted by atomic mass is 9.99. The van der Waals surface area contributed by atoms with Gasteiger partial charge in [0.05, 0.1) is 0 Å². The van der Waals surface area contributed by atoms with E-state index in [1.807, 2.05) is 0 Å². The quantitative estimate of drug-likeness (QED) is 0.767. The van der Waals surface area contributed by atoms with Gasteiger partial charge in [-0.2, -0.15) is 0 Å². The number of halogens is 3. The first-order valence-corrected chi connectivity index (χ1v) is 7.88. The van der Waals surface area contributed by atoms with E-state index in [1.54, 1.807) is 0 Å². The molecule has 0 aliphatic carbocycles. The van der Waals surface area contributed by atoms with Crippen molar-refractivity contribution in [3.8, 4) is 5.88 Å². The second-order valence-electron chi connectivity index (χ2n) is 5.36. The van der Waals surface area contributed by atoms with Gasteiger partial charge in [0, 0.05) is 7.05 Å². The third-order valence-electron chi connectivity index (χ3n) is 3.35. The molecule has 0 atom stereocenters. The second-order valence-corrected chi connectivity index (χ2v) is 8.55. The van der Waals surface area contributed by atoms with Crippen LogP contribution in [-0.2, 0) is 7.05 Å². The van der Waals surface area contributed by atoms with E-state index < -0.39 is 16.2 Å². The molecule has 1 aromatic rings. The van der Waals surface area contributed by atoms with Gasteiger partial charge in [-0.05, 0) is 26.9 Å². The first kappa shape index (κ1) is 15.6. The van der Waals surface area contributed by atoms with E-state index in [4.69, 9.17) is 4.43 Å². The van der Waals surface area contributed by atoms with Gasteiger partial charge in [-0.25, -0.2) is 8.78 Å². The van der Waals surface area contributed by atoms with Crippen LogP contribution in [0.2, 0.25) is 5.04 Å². The zero-order chi connectivity index (χ0) is 14.1. The van der Waals surface area contributed by atoms with Crippen LogP contribution in [0.15, 0.2) is 4.47 Å². The number of alkyl halides is 2. The van der Waals surface area contributed by atoms with Gasteiger partial charge in [0.25, 0.3) is 6.43 Å². The molecule has 0 amide bonds. The topological polar surface area (TPSA) is 27.1 Å². The van der Waals surface area contributed by atoms with Crippen LogP contribution in [0.5, 0.6) is 5.88 Å². The third-order valence-corrected chi connectivity index (χ3v) is 6.08. The highest BCUT2D eigenvalue weighted by molar-refractivity contribution is 9.10. The van der Waals surface area contributed by atoms with Gasteiger partial charge in [0.2, 0.25) is 15.6 Å². The van der Waals surface area contributed by atoms with Crippen molar-refractivity contribution in [3.05, 3.63) is 10.2 Å². The summed E-state index contributed by atoms with van der Waals surface area (Å²) >= 11 is 3.14. The molecule has 0 fully saturated rings. The normalized spacial score (nSPS) is 13.2. The zero-order valence-electron chi connectivity index (χ0n) is 11.3. The molecular weight excluding hydrogens is 322 g/mol. The van der Waals surface area contributed by atoms with Crippen molar-refractivity contribution in [2.75, 3.05) is 0 Å². The summed E-state index contributed by atoms with van der Waals surface area (Å²) in [6.07, 6.45) is -2.56. The molecule has 0 spiro atoms. The van der Waals surface area contributed by atoms with Crippen LogP contribution in [0.3, 0.4) is 0 Å². The molecule has 0 aliphatic heterocycles. The summed E-state index contributed by atoms with van der Waals surface area (Å²) < 4.78 is 32.7. The Bertz CT molecular complexity index is 421. The van der Waals surface area contributed by atoms with Gasteiger partial charge < -0.3 is 4.43 Å². The fourth-order valence-corrected chi connectivity index (χ4v) is 3.11. The van der Waals surface area contributed by atoms with Crippen molar-refractivity contribution < 1.29 is 13.2 Å². The first-order chi connectivity index (χ1) is 8.16. The summed E-state index contributed by atoms with van der Waals surface area (Å²) in [7, 11) is 0.588.